The van der Waals surface area contributed by atoms with Crippen molar-refractivity contribution >= 4 is 5.91 Å². The summed E-state index contributed by atoms with van der Waals surface area (Å²) in [6.07, 6.45) is 39.7. The maximum absolute atomic E-state index is 12.3. The molecule has 3 N–H and O–H groups in total. The molecule has 0 aliphatic rings. The van der Waals surface area contributed by atoms with Gasteiger partial charge in [-0.25, -0.2) is 0 Å². The molecule has 0 saturated heterocycles. The third-order valence-corrected chi connectivity index (χ3v) is 7.93. The van der Waals surface area contributed by atoms with Crippen molar-refractivity contribution < 1.29 is 15.0 Å². The van der Waals surface area contributed by atoms with Crippen LogP contribution >= 0.6 is 0 Å². The van der Waals surface area contributed by atoms with Crippen LogP contribution in [0.15, 0.2) is 24.3 Å². The maximum atomic E-state index is 12.3. The summed E-state index contributed by atoms with van der Waals surface area (Å²) in [5.41, 5.74) is 0. The van der Waals surface area contributed by atoms with Crippen LogP contribution in [-0.4, -0.2) is 34.9 Å². The maximum Gasteiger partial charge on any atom is 0.220 e. The molecule has 1 amide bonds. The summed E-state index contributed by atoms with van der Waals surface area (Å²) < 4.78 is 0. The van der Waals surface area contributed by atoms with Gasteiger partial charge in [-0.15, -0.1) is 0 Å². The van der Waals surface area contributed by atoms with E-state index in [1.54, 1.807) is 6.08 Å². The van der Waals surface area contributed by atoms with Crippen molar-refractivity contribution in [1.82, 2.24) is 5.32 Å². The summed E-state index contributed by atoms with van der Waals surface area (Å²) in [5.74, 6) is -0.0745. The summed E-state index contributed by atoms with van der Waals surface area (Å²) in [7, 11) is 0. The monoisotopic (exact) mass is 564 g/mol. The Balaban J connectivity index is 3.65. The van der Waals surface area contributed by atoms with Gasteiger partial charge in [0.15, 0.2) is 0 Å². The molecule has 0 aromatic rings. The van der Waals surface area contributed by atoms with E-state index in [2.05, 4.69) is 31.3 Å². The van der Waals surface area contributed by atoms with Gasteiger partial charge in [-0.1, -0.05) is 154 Å². The van der Waals surface area contributed by atoms with E-state index in [4.69, 9.17) is 0 Å². The minimum atomic E-state index is -0.837. The Bertz CT molecular complexity index is 574. The van der Waals surface area contributed by atoms with Gasteiger partial charge in [0.1, 0.15) is 0 Å². The highest BCUT2D eigenvalue weighted by atomic mass is 16.3. The van der Waals surface area contributed by atoms with Gasteiger partial charge < -0.3 is 15.5 Å². The molecule has 0 saturated carbocycles. The number of nitrogens with one attached hydrogen (secondary N) is 1. The summed E-state index contributed by atoms with van der Waals surface area (Å²) in [6.45, 7) is 4.28. The Hall–Kier alpha value is -1.13. The second-order valence-corrected chi connectivity index (χ2v) is 11.9. The van der Waals surface area contributed by atoms with Gasteiger partial charge >= 0.3 is 0 Å². The van der Waals surface area contributed by atoms with Gasteiger partial charge in [0.2, 0.25) is 5.91 Å². The fraction of sp³-hybridized carbons (Fsp3) is 0.861. The first-order chi connectivity index (χ1) is 19.7. The highest BCUT2D eigenvalue weighted by Crippen LogP contribution is 2.13. The lowest BCUT2D eigenvalue weighted by Gasteiger charge is -2.20. The average molecular weight is 564 g/mol. The largest absolute Gasteiger partial charge is 0.394 e. The van der Waals surface area contributed by atoms with Gasteiger partial charge in [0.25, 0.3) is 0 Å². The molecular weight excluding hydrogens is 494 g/mol. The number of aliphatic hydroxyl groups is 2. The Kier molecular flexibility index (Phi) is 31.5. The Morgan fingerprint density at radius 3 is 1.38 bits per heavy atom. The van der Waals surface area contributed by atoms with Gasteiger partial charge in [-0.3, -0.25) is 4.79 Å². The predicted molar refractivity (Wildman–Crippen MR) is 175 cm³/mol. The van der Waals surface area contributed by atoms with E-state index in [9.17, 15) is 15.0 Å². The number of hydrogen-bond donors (Lipinski definition) is 3. The molecule has 4 heteroatoms. The average Bonchev–Trinajstić information content (AvgIpc) is 2.96. The molecule has 0 bridgehead atoms. The SMILES string of the molecule is CCCCCCCC/C=C\CCCCCCCC(=O)N[C@@H](CO)[C@H](O)/C=C/CCCCCCCCCCCCC. The van der Waals surface area contributed by atoms with Crippen molar-refractivity contribution in [2.24, 2.45) is 0 Å². The second kappa shape index (κ2) is 32.4. The Labute approximate surface area is 249 Å². The van der Waals surface area contributed by atoms with Crippen LogP contribution in [0.25, 0.3) is 0 Å². The molecule has 0 rings (SSSR count). The van der Waals surface area contributed by atoms with Crippen LogP contribution in [0.1, 0.15) is 181 Å². The zero-order valence-corrected chi connectivity index (χ0v) is 26.9. The van der Waals surface area contributed by atoms with E-state index >= 15 is 0 Å². The lowest BCUT2D eigenvalue weighted by atomic mass is 10.0. The molecule has 4 nitrogen and oxygen atoms in total. The topological polar surface area (TPSA) is 69.6 Å². The zero-order valence-electron chi connectivity index (χ0n) is 26.9. The first-order valence-corrected chi connectivity index (χ1v) is 17.6. The fourth-order valence-electron chi connectivity index (χ4n) is 5.17. The number of rotatable bonds is 31. The standard InChI is InChI=1S/C36H69NO3/c1-3-5-7-9-11-13-15-17-18-20-22-24-26-28-30-32-36(40)37-34(33-38)35(39)31-29-27-25-23-21-19-16-14-12-10-8-6-4-2/h17-18,29,31,34-35,38-39H,3-16,19-28,30,32-33H2,1-2H3,(H,37,40)/b18-17-,31-29+/t34-,35+/m0/s1. The molecule has 40 heavy (non-hydrogen) atoms. The van der Waals surface area contributed by atoms with E-state index in [1.807, 2.05) is 6.08 Å². The Morgan fingerprint density at radius 2 is 0.950 bits per heavy atom. The van der Waals surface area contributed by atoms with E-state index in [0.717, 1.165) is 32.1 Å². The van der Waals surface area contributed by atoms with Crippen LogP contribution in [0.5, 0.6) is 0 Å². The molecule has 0 unspecified atom stereocenters. The third kappa shape index (κ3) is 28.4. The van der Waals surface area contributed by atoms with Crippen molar-refractivity contribution in [3.05, 3.63) is 24.3 Å². The van der Waals surface area contributed by atoms with Crippen LogP contribution in [0.2, 0.25) is 0 Å². The van der Waals surface area contributed by atoms with Crippen LogP contribution in [0, 0.1) is 0 Å². The van der Waals surface area contributed by atoms with Crippen molar-refractivity contribution in [3.63, 3.8) is 0 Å². The lowest BCUT2D eigenvalue weighted by molar-refractivity contribution is -0.123. The van der Waals surface area contributed by atoms with Crippen molar-refractivity contribution in [2.45, 2.75) is 193 Å². The van der Waals surface area contributed by atoms with Crippen LogP contribution in [0.4, 0.5) is 0 Å². The van der Waals surface area contributed by atoms with Crippen LogP contribution in [-0.2, 0) is 4.79 Å². The van der Waals surface area contributed by atoms with Gasteiger partial charge in [0, 0.05) is 6.42 Å². The van der Waals surface area contributed by atoms with E-state index in [1.165, 1.54) is 128 Å². The Morgan fingerprint density at radius 1 is 0.575 bits per heavy atom. The molecule has 0 fully saturated rings. The van der Waals surface area contributed by atoms with Gasteiger partial charge in [-0.05, 0) is 44.9 Å². The second-order valence-electron chi connectivity index (χ2n) is 11.9. The summed E-state index contributed by atoms with van der Waals surface area (Å²) in [4.78, 5) is 12.3. The van der Waals surface area contributed by atoms with Crippen LogP contribution < -0.4 is 5.32 Å². The molecule has 0 radical (unpaired) electrons. The number of amides is 1. The number of aliphatic hydroxyl groups excluding tert-OH is 2. The molecule has 2 atom stereocenters. The molecule has 0 aliphatic carbocycles. The van der Waals surface area contributed by atoms with E-state index in [-0.39, 0.29) is 12.5 Å². The summed E-state index contributed by atoms with van der Waals surface area (Å²) in [5, 5.41) is 22.8. The summed E-state index contributed by atoms with van der Waals surface area (Å²) >= 11 is 0. The first kappa shape index (κ1) is 38.9. The zero-order chi connectivity index (χ0) is 29.4. The molecule has 0 aromatic carbocycles. The highest BCUT2D eigenvalue weighted by molar-refractivity contribution is 5.76. The first-order valence-electron chi connectivity index (χ1n) is 17.6. The smallest absolute Gasteiger partial charge is 0.220 e. The van der Waals surface area contributed by atoms with Crippen LogP contribution in [0.3, 0.4) is 0 Å². The quantitative estimate of drug-likeness (QED) is 0.0580. The summed E-state index contributed by atoms with van der Waals surface area (Å²) in [6, 6.07) is -0.621. The minimum absolute atomic E-state index is 0.0745. The molecule has 0 spiro atoms. The predicted octanol–water partition coefficient (Wildman–Crippen LogP) is 10.1. The van der Waals surface area contributed by atoms with Gasteiger partial charge in [0.05, 0.1) is 18.8 Å². The van der Waals surface area contributed by atoms with Crippen molar-refractivity contribution in [2.75, 3.05) is 6.61 Å². The number of unbranched alkanes of at least 4 members (excludes halogenated alkanes) is 22. The minimum Gasteiger partial charge on any atom is -0.394 e. The molecule has 0 heterocycles. The van der Waals surface area contributed by atoms with Gasteiger partial charge in [-0.2, -0.15) is 0 Å². The fourth-order valence-corrected chi connectivity index (χ4v) is 5.17. The number of carbonyl (C=O) groups is 1. The highest BCUT2D eigenvalue weighted by Gasteiger charge is 2.17. The third-order valence-electron chi connectivity index (χ3n) is 7.93. The number of hydrogen-bond acceptors (Lipinski definition) is 3. The van der Waals surface area contributed by atoms with E-state index in [0.29, 0.717) is 6.42 Å². The van der Waals surface area contributed by atoms with Crippen molar-refractivity contribution in [1.29, 1.82) is 0 Å². The molecular formula is C36H69NO3. The lowest BCUT2D eigenvalue weighted by Crippen LogP contribution is -2.45. The number of allylic oxidation sites excluding steroid dienone is 3. The number of carbonyl (C=O) groups excluding carboxylic acids is 1. The van der Waals surface area contributed by atoms with E-state index < -0.39 is 12.1 Å². The molecule has 236 valence electrons. The van der Waals surface area contributed by atoms with Crippen molar-refractivity contribution in [3.8, 4) is 0 Å². The molecule has 0 aliphatic heterocycles. The molecule has 0 aromatic heterocycles. The normalized spacial score (nSPS) is 13.4.